The van der Waals surface area contributed by atoms with Gasteiger partial charge in [0.05, 0.1) is 11.1 Å². The van der Waals surface area contributed by atoms with Gasteiger partial charge in [0.1, 0.15) is 11.0 Å². The van der Waals surface area contributed by atoms with Gasteiger partial charge in [0.25, 0.3) is 5.91 Å². The maximum Gasteiger partial charge on any atom is 0.253 e. The Balaban J connectivity index is 1.21. The van der Waals surface area contributed by atoms with Crippen LogP contribution in [0.2, 0.25) is 5.15 Å². The highest BCUT2D eigenvalue weighted by Gasteiger charge is 2.46. The summed E-state index contributed by atoms with van der Waals surface area (Å²) in [4.78, 5) is 21.0. The van der Waals surface area contributed by atoms with E-state index in [9.17, 15) is 9.18 Å². The van der Waals surface area contributed by atoms with Gasteiger partial charge in [-0.25, -0.2) is 9.37 Å². The van der Waals surface area contributed by atoms with E-state index in [0.717, 1.165) is 55.8 Å². The minimum Gasteiger partial charge on any atom is -0.347 e. The van der Waals surface area contributed by atoms with Crippen molar-refractivity contribution in [1.29, 1.82) is 0 Å². The van der Waals surface area contributed by atoms with E-state index < -0.39 is 0 Å². The van der Waals surface area contributed by atoms with Crippen LogP contribution < -0.4 is 5.32 Å². The Hall–Kier alpha value is -2.53. The van der Waals surface area contributed by atoms with E-state index in [1.165, 1.54) is 17.8 Å². The van der Waals surface area contributed by atoms with E-state index in [0.29, 0.717) is 22.6 Å². The fraction of sp³-hybridized carbons (Fsp3) is 0.400. The Morgan fingerprint density at radius 2 is 1.90 bits per heavy atom. The predicted molar refractivity (Wildman–Crippen MR) is 120 cm³/mol. The van der Waals surface area contributed by atoms with Crippen molar-refractivity contribution in [3.8, 4) is 0 Å². The first-order valence-electron chi connectivity index (χ1n) is 11.0. The summed E-state index contributed by atoms with van der Waals surface area (Å²) in [6, 6.07) is 10.3. The van der Waals surface area contributed by atoms with Crippen LogP contribution in [0.3, 0.4) is 0 Å². The zero-order chi connectivity index (χ0) is 21.4. The lowest BCUT2D eigenvalue weighted by atomic mass is 9.75. The molecule has 0 unspecified atom stereocenters. The largest absolute Gasteiger partial charge is 0.347 e. The maximum absolute atomic E-state index is 13.8. The Morgan fingerprint density at radius 1 is 1.10 bits per heavy atom. The average molecular weight is 438 g/mol. The second kappa shape index (κ2) is 8.19. The molecular weight excluding hydrogens is 413 g/mol. The average Bonchev–Trinajstić information content (AvgIpc) is 3.53. The van der Waals surface area contributed by atoms with Crippen LogP contribution in [0.1, 0.15) is 66.8 Å². The molecule has 0 bridgehead atoms. The van der Waals surface area contributed by atoms with Gasteiger partial charge in [0.2, 0.25) is 0 Å². The van der Waals surface area contributed by atoms with E-state index >= 15 is 0 Å². The van der Waals surface area contributed by atoms with Crippen molar-refractivity contribution in [2.45, 2.75) is 56.4 Å². The highest BCUT2D eigenvalue weighted by molar-refractivity contribution is 6.29. The predicted octanol–water partition coefficient (Wildman–Crippen LogP) is 6.05. The minimum atomic E-state index is -0.210. The number of nitrogens with one attached hydrogen (secondary N) is 1. The molecular formula is C25H25ClFN3O. The van der Waals surface area contributed by atoms with Gasteiger partial charge in [-0.2, -0.15) is 0 Å². The summed E-state index contributed by atoms with van der Waals surface area (Å²) in [5.74, 6) is 0.763. The third-order valence-electron chi connectivity index (χ3n) is 6.93. The zero-order valence-corrected chi connectivity index (χ0v) is 18.0. The third-order valence-corrected chi connectivity index (χ3v) is 7.15. The molecule has 1 amide bonds. The SMILES string of the molecule is O=C(NC1(CC2CCC(c3ccnc4ccc(F)cc34)CC2)CC1)c1ccc(Cl)nc1. The van der Waals surface area contributed by atoms with E-state index in [-0.39, 0.29) is 17.3 Å². The van der Waals surface area contributed by atoms with Crippen LogP contribution in [0, 0.1) is 11.7 Å². The molecule has 31 heavy (non-hydrogen) atoms. The lowest BCUT2D eigenvalue weighted by molar-refractivity contribution is 0.0920. The van der Waals surface area contributed by atoms with Gasteiger partial charge in [-0.3, -0.25) is 9.78 Å². The molecule has 2 aliphatic rings. The van der Waals surface area contributed by atoms with Gasteiger partial charge < -0.3 is 5.32 Å². The first-order chi connectivity index (χ1) is 15.0. The summed E-state index contributed by atoms with van der Waals surface area (Å²) >= 11 is 5.82. The summed E-state index contributed by atoms with van der Waals surface area (Å²) in [7, 11) is 0. The number of benzene rings is 1. The molecule has 0 radical (unpaired) electrons. The summed E-state index contributed by atoms with van der Waals surface area (Å²) in [5, 5.41) is 4.58. The van der Waals surface area contributed by atoms with Crippen molar-refractivity contribution in [1.82, 2.24) is 15.3 Å². The molecule has 2 aliphatic carbocycles. The molecule has 5 rings (SSSR count). The molecule has 2 saturated carbocycles. The third kappa shape index (κ3) is 4.42. The summed E-state index contributed by atoms with van der Waals surface area (Å²) < 4.78 is 13.8. The van der Waals surface area contributed by atoms with E-state index in [1.54, 1.807) is 24.3 Å². The van der Waals surface area contributed by atoms with Crippen molar-refractivity contribution in [2.75, 3.05) is 0 Å². The monoisotopic (exact) mass is 437 g/mol. The number of halogens is 2. The smallest absolute Gasteiger partial charge is 0.253 e. The highest BCUT2D eigenvalue weighted by Crippen LogP contribution is 2.47. The maximum atomic E-state index is 13.8. The van der Waals surface area contributed by atoms with E-state index in [2.05, 4.69) is 21.4 Å². The topological polar surface area (TPSA) is 54.9 Å². The van der Waals surface area contributed by atoms with Crippen LogP contribution in [0.25, 0.3) is 10.9 Å². The molecule has 1 N–H and O–H groups in total. The number of pyridine rings is 2. The highest BCUT2D eigenvalue weighted by atomic mass is 35.5. The quantitative estimate of drug-likeness (QED) is 0.494. The Bertz CT molecular complexity index is 1110. The number of rotatable bonds is 5. The van der Waals surface area contributed by atoms with Crippen LogP contribution in [-0.4, -0.2) is 21.4 Å². The van der Waals surface area contributed by atoms with Crippen LogP contribution >= 0.6 is 11.6 Å². The molecule has 2 aromatic heterocycles. The number of aromatic nitrogens is 2. The molecule has 0 spiro atoms. The Morgan fingerprint density at radius 3 is 2.61 bits per heavy atom. The second-order valence-corrected chi connectivity index (χ2v) is 9.47. The molecule has 2 heterocycles. The number of nitrogens with zero attached hydrogens (tertiary/aromatic N) is 2. The Labute approximate surface area is 186 Å². The first kappa shape index (κ1) is 20.4. The van der Waals surface area contributed by atoms with Gasteiger partial charge in [-0.05, 0) is 98.7 Å². The lowest BCUT2D eigenvalue weighted by Crippen LogP contribution is -2.38. The summed E-state index contributed by atoms with van der Waals surface area (Å²) in [6.45, 7) is 0. The standard InChI is InChI=1S/C25H25ClFN3O/c26-23-8-5-18(15-29-23)24(31)30-25(10-11-25)14-16-1-3-17(4-2-16)20-9-12-28-22-7-6-19(27)13-21(20)22/h5-9,12-13,15-17H,1-4,10-11,14H2,(H,30,31). The molecule has 0 aliphatic heterocycles. The number of carbonyl (C=O) groups is 1. The van der Waals surface area contributed by atoms with Crippen LogP contribution in [0.5, 0.6) is 0 Å². The molecule has 2 fully saturated rings. The number of carbonyl (C=O) groups excluding carboxylic acids is 1. The molecule has 4 nitrogen and oxygen atoms in total. The Kier molecular flexibility index (Phi) is 5.39. The number of hydrogen-bond donors (Lipinski definition) is 1. The zero-order valence-electron chi connectivity index (χ0n) is 17.3. The van der Waals surface area contributed by atoms with Gasteiger partial charge in [-0.15, -0.1) is 0 Å². The van der Waals surface area contributed by atoms with Gasteiger partial charge >= 0.3 is 0 Å². The normalized spacial score (nSPS) is 22.3. The van der Waals surface area contributed by atoms with Gasteiger partial charge in [0, 0.05) is 23.3 Å². The lowest BCUT2D eigenvalue weighted by Gasteiger charge is -2.32. The van der Waals surface area contributed by atoms with Crippen molar-refractivity contribution in [3.63, 3.8) is 0 Å². The second-order valence-electron chi connectivity index (χ2n) is 9.09. The van der Waals surface area contributed by atoms with Crippen molar-refractivity contribution in [2.24, 2.45) is 5.92 Å². The molecule has 0 saturated heterocycles. The van der Waals surface area contributed by atoms with Crippen LogP contribution in [0.4, 0.5) is 4.39 Å². The van der Waals surface area contributed by atoms with Crippen molar-refractivity contribution < 1.29 is 9.18 Å². The molecule has 3 aromatic rings. The molecule has 6 heteroatoms. The van der Waals surface area contributed by atoms with Crippen LogP contribution in [-0.2, 0) is 0 Å². The number of fused-ring (bicyclic) bond motifs is 1. The van der Waals surface area contributed by atoms with Crippen molar-refractivity contribution in [3.05, 3.63) is 70.9 Å². The van der Waals surface area contributed by atoms with Crippen molar-refractivity contribution >= 4 is 28.4 Å². The first-order valence-corrected chi connectivity index (χ1v) is 11.4. The fourth-order valence-corrected chi connectivity index (χ4v) is 5.19. The van der Waals surface area contributed by atoms with Crippen LogP contribution in [0.15, 0.2) is 48.8 Å². The molecule has 1 aromatic carbocycles. The minimum absolute atomic E-state index is 0.0687. The summed E-state index contributed by atoms with van der Waals surface area (Å²) in [6.07, 6.45) is 10.9. The van der Waals surface area contributed by atoms with E-state index in [4.69, 9.17) is 11.6 Å². The summed E-state index contributed by atoms with van der Waals surface area (Å²) in [5.41, 5.74) is 2.56. The molecule has 0 atom stereocenters. The van der Waals surface area contributed by atoms with E-state index in [1.807, 2.05) is 6.20 Å². The number of hydrogen-bond acceptors (Lipinski definition) is 3. The molecule has 160 valence electrons. The fourth-order valence-electron chi connectivity index (χ4n) is 5.08. The van der Waals surface area contributed by atoms with Gasteiger partial charge in [-0.1, -0.05) is 11.6 Å². The number of amides is 1. The van der Waals surface area contributed by atoms with Gasteiger partial charge in [0.15, 0.2) is 0 Å².